The molecule has 0 aliphatic carbocycles. The quantitative estimate of drug-likeness (QED) is 0.734. The molecule has 0 fully saturated rings. The first-order valence-corrected chi connectivity index (χ1v) is 5.81. The molecule has 0 unspecified atom stereocenters. The number of nitrogen functional groups attached to an aromatic ring is 1. The molecule has 0 bridgehead atoms. The van der Waals surface area contributed by atoms with Crippen LogP contribution < -0.4 is 16.4 Å². The van der Waals surface area contributed by atoms with Crippen molar-refractivity contribution in [2.75, 3.05) is 16.4 Å². The van der Waals surface area contributed by atoms with E-state index in [0.717, 1.165) is 6.07 Å². The predicted octanol–water partition coefficient (Wildman–Crippen LogP) is 3.71. The highest BCUT2D eigenvalue weighted by Crippen LogP contribution is 2.21. The van der Waals surface area contributed by atoms with Crippen LogP contribution in [0.5, 0.6) is 0 Å². The highest BCUT2D eigenvalue weighted by Gasteiger charge is 2.08. The summed E-state index contributed by atoms with van der Waals surface area (Å²) < 4.78 is 13.5. The van der Waals surface area contributed by atoms with Gasteiger partial charge in [-0.1, -0.05) is 23.7 Å². The van der Waals surface area contributed by atoms with Gasteiger partial charge in [-0.3, -0.25) is 0 Å². The minimum Gasteiger partial charge on any atom is -0.399 e. The van der Waals surface area contributed by atoms with E-state index in [4.69, 9.17) is 17.3 Å². The Morgan fingerprint density at radius 2 is 1.79 bits per heavy atom. The van der Waals surface area contributed by atoms with Crippen LogP contribution in [0.15, 0.2) is 42.5 Å². The molecule has 0 aromatic heterocycles. The predicted molar refractivity (Wildman–Crippen MR) is 74.9 cm³/mol. The van der Waals surface area contributed by atoms with Crippen molar-refractivity contribution in [3.63, 3.8) is 0 Å². The second-order valence-electron chi connectivity index (χ2n) is 3.80. The Bertz CT molecular complexity index is 619. The van der Waals surface area contributed by atoms with Gasteiger partial charge in [0.05, 0.1) is 16.4 Å². The van der Waals surface area contributed by atoms with Gasteiger partial charge in [-0.2, -0.15) is 0 Å². The summed E-state index contributed by atoms with van der Waals surface area (Å²) in [6, 6.07) is 10.2. The van der Waals surface area contributed by atoms with Crippen molar-refractivity contribution in [2.45, 2.75) is 0 Å². The van der Waals surface area contributed by atoms with Crippen molar-refractivity contribution < 1.29 is 9.18 Å². The molecule has 2 rings (SSSR count). The molecule has 0 atom stereocenters. The molecule has 4 N–H and O–H groups in total. The first-order valence-electron chi connectivity index (χ1n) is 5.44. The fourth-order valence-electron chi connectivity index (χ4n) is 1.47. The molecule has 0 saturated heterocycles. The zero-order valence-electron chi connectivity index (χ0n) is 9.78. The lowest BCUT2D eigenvalue weighted by Crippen LogP contribution is -2.20. The van der Waals surface area contributed by atoms with Crippen LogP contribution in [0.1, 0.15) is 0 Å². The average Bonchev–Trinajstić information content (AvgIpc) is 2.36. The maximum atomic E-state index is 13.5. The number of amides is 2. The molecular weight excluding hydrogens is 269 g/mol. The summed E-state index contributed by atoms with van der Waals surface area (Å²) in [5, 5.41) is 5.29. The van der Waals surface area contributed by atoms with Crippen LogP contribution >= 0.6 is 11.6 Å². The lowest BCUT2D eigenvalue weighted by Gasteiger charge is -2.09. The lowest BCUT2D eigenvalue weighted by atomic mass is 10.2. The van der Waals surface area contributed by atoms with Crippen LogP contribution in [0.2, 0.25) is 5.02 Å². The standard InChI is InChI=1S/C13H11ClFN3O/c14-9-3-1-2-4-11(9)17-13(19)18-12-6-5-8(16)7-10(12)15/h1-7H,16H2,(H2,17,18,19). The molecule has 2 aromatic rings. The third kappa shape index (κ3) is 3.35. The summed E-state index contributed by atoms with van der Waals surface area (Å²) in [4.78, 5) is 11.7. The van der Waals surface area contributed by atoms with Gasteiger partial charge in [0.25, 0.3) is 0 Å². The molecule has 0 spiro atoms. The number of carbonyl (C=O) groups excluding carboxylic acids is 1. The Morgan fingerprint density at radius 1 is 1.11 bits per heavy atom. The zero-order valence-corrected chi connectivity index (χ0v) is 10.5. The summed E-state index contributed by atoms with van der Waals surface area (Å²) >= 11 is 5.89. The second-order valence-corrected chi connectivity index (χ2v) is 4.21. The van der Waals surface area contributed by atoms with E-state index < -0.39 is 11.8 Å². The number of urea groups is 1. The molecule has 19 heavy (non-hydrogen) atoms. The van der Waals surface area contributed by atoms with Gasteiger partial charge in [0, 0.05) is 5.69 Å². The van der Waals surface area contributed by atoms with Gasteiger partial charge in [-0.15, -0.1) is 0 Å². The number of hydrogen-bond acceptors (Lipinski definition) is 2. The number of benzene rings is 2. The molecule has 98 valence electrons. The number of nitrogens with two attached hydrogens (primary N) is 1. The second kappa shape index (κ2) is 5.58. The minimum absolute atomic E-state index is 0.0405. The topological polar surface area (TPSA) is 67.1 Å². The van der Waals surface area contributed by atoms with Crippen LogP contribution in [0.25, 0.3) is 0 Å². The van der Waals surface area contributed by atoms with E-state index in [-0.39, 0.29) is 11.4 Å². The first-order chi connectivity index (χ1) is 9.06. The highest BCUT2D eigenvalue weighted by atomic mass is 35.5. The van der Waals surface area contributed by atoms with Crippen LogP contribution in [0, 0.1) is 5.82 Å². The first kappa shape index (κ1) is 13.2. The third-order valence-electron chi connectivity index (χ3n) is 2.36. The molecule has 0 aliphatic rings. The summed E-state index contributed by atoms with van der Waals surface area (Å²) in [6.07, 6.45) is 0. The van der Waals surface area contributed by atoms with Gasteiger partial charge >= 0.3 is 6.03 Å². The number of hydrogen-bond donors (Lipinski definition) is 3. The van der Waals surface area contributed by atoms with E-state index in [1.54, 1.807) is 24.3 Å². The van der Waals surface area contributed by atoms with Crippen LogP contribution in [-0.4, -0.2) is 6.03 Å². The molecule has 0 saturated carbocycles. The molecule has 6 heteroatoms. The smallest absolute Gasteiger partial charge is 0.323 e. The summed E-state index contributed by atoms with van der Waals surface area (Å²) in [5.41, 5.74) is 6.19. The van der Waals surface area contributed by atoms with E-state index in [2.05, 4.69) is 10.6 Å². The Balaban J connectivity index is 2.08. The van der Waals surface area contributed by atoms with Crippen LogP contribution in [-0.2, 0) is 0 Å². The Morgan fingerprint density at radius 3 is 2.47 bits per heavy atom. The van der Waals surface area contributed by atoms with Gasteiger partial charge in [-0.05, 0) is 30.3 Å². The van der Waals surface area contributed by atoms with Gasteiger partial charge in [-0.25, -0.2) is 9.18 Å². The van der Waals surface area contributed by atoms with Crippen molar-refractivity contribution >= 4 is 34.7 Å². The van der Waals surface area contributed by atoms with Crippen LogP contribution in [0.3, 0.4) is 0 Å². The number of halogens is 2. The van der Waals surface area contributed by atoms with Crippen molar-refractivity contribution in [1.82, 2.24) is 0 Å². The SMILES string of the molecule is Nc1ccc(NC(=O)Nc2ccccc2Cl)c(F)c1. The maximum absolute atomic E-state index is 13.5. The number of carbonyl (C=O) groups is 1. The van der Waals surface area contributed by atoms with Crippen molar-refractivity contribution in [3.8, 4) is 0 Å². The largest absolute Gasteiger partial charge is 0.399 e. The van der Waals surface area contributed by atoms with E-state index in [9.17, 15) is 9.18 Å². The molecule has 0 heterocycles. The number of rotatable bonds is 2. The summed E-state index contributed by atoms with van der Waals surface area (Å²) in [7, 11) is 0. The van der Waals surface area contributed by atoms with E-state index in [1.165, 1.54) is 12.1 Å². The van der Waals surface area contributed by atoms with Crippen molar-refractivity contribution in [2.24, 2.45) is 0 Å². The van der Waals surface area contributed by atoms with Crippen molar-refractivity contribution in [1.29, 1.82) is 0 Å². The molecule has 0 radical (unpaired) electrons. The summed E-state index contributed by atoms with van der Waals surface area (Å²) in [6.45, 7) is 0. The third-order valence-corrected chi connectivity index (χ3v) is 2.69. The molecule has 4 nitrogen and oxygen atoms in total. The highest BCUT2D eigenvalue weighted by molar-refractivity contribution is 6.33. The molecule has 2 aromatic carbocycles. The number of nitrogens with one attached hydrogen (secondary N) is 2. The lowest BCUT2D eigenvalue weighted by molar-refractivity contribution is 0.262. The summed E-state index contributed by atoms with van der Waals surface area (Å²) in [5.74, 6) is -0.602. The fraction of sp³-hybridized carbons (Fsp3) is 0. The molecular formula is C13H11ClFN3O. The van der Waals surface area contributed by atoms with E-state index >= 15 is 0 Å². The van der Waals surface area contributed by atoms with E-state index in [1.807, 2.05) is 0 Å². The Hall–Kier alpha value is -2.27. The molecule has 0 aliphatic heterocycles. The Labute approximate surface area is 114 Å². The molecule has 2 amide bonds. The average molecular weight is 280 g/mol. The van der Waals surface area contributed by atoms with Gasteiger partial charge < -0.3 is 16.4 Å². The Kier molecular flexibility index (Phi) is 3.87. The van der Waals surface area contributed by atoms with E-state index in [0.29, 0.717) is 10.7 Å². The van der Waals surface area contributed by atoms with Crippen molar-refractivity contribution in [3.05, 3.63) is 53.3 Å². The zero-order chi connectivity index (χ0) is 13.8. The van der Waals surface area contributed by atoms with Gasteiger partial charge in [0.2, 0.25) is 0 Å². The number of para-hydroxylation sites is 1. The van der Waals surface area contributed by atoms with Crippen LogP contribution in [0.4, 0.5) is 26.2 Å². The van der Waals surface area contributed by atoms with Gasteiger partial charge in [0.1, 0.15) is 5.82 Å². The monoisotopic (exact) mass is 279 g/mol. The normalized spacial score (nSPS) is 10.0. The maximum Gasteiger partial charge on any atom is 0.323 e. The number of anilines is 3. The van der Waals surface area contributed by atoms with Gasteiger partial charge in [0.15, 0.2) is 0 Å². The fourth-order valence-corrected chi connectivity index (χ4v) is 1.65. The minimum atomic E-state index is -0.602.